The summed E-state index contributed by atoms with van der Waals surface area (Å²) in [4.78, 5) is 14.9. The van der Waals surface area contributed by atoms with Crippen molar-refractivity contribution in [1.29, 1.82) is 0 Å². The van der Waals surface area contributed by atoms with Gasteiger partial charge in [0.2, 0.25) is 0 Å². The molecule has 1 heterocycles. The second-order valence-corrected chi connectivity index (χ2v) is 6.04. The highest BCUT2D eigenvalue weighted by molar-refractivity contribution is 5.97. The smallest absolute Gasteiger partial charge is 0.254 e. The number of nitrogens with zero attached hydrogens (tertiary/aromatic N) is 3. The zero-order valence-electron chi connectivity index (χ0n) is 13.4. The van der Waals surface area contributed by atoms with Gasteiger partial charge in [0.1, 0.15) is 16.8 Å². The fourth-order valence-corrected chi connectivity index (χ4v) is 2.82. The van der Waals surface area contributed by atoms with Crippen LogP contribution in [0.5, 0.6) is 5.75 Å². The third-order valence-electron chi connectivity index (χ3n) is 4.32. The summed E-state index contributed by atoms with van der Waals surface area (Å²) >= 11 is 0. The predicted octanol–water partition coefficient (Wildman–Crippen LogP) is 2.77. The second-order valence-electron chi connectivity index (χ2n) is 6.04. The van der Waals surface area contributed by atoms with Gasteiger partial charge in [-0.1, -0.05) is 12.1 Å². The number of aromatic nitrogens is 3. The molecule has 0 spiro atoms. The number of ether oxygens (including phenoxy) is 1. The number of aromatic amines is 1. The van der Waals surface area contributed by atoms with Crippen molar-refractivity contribution < 1.29 is 9.53 Å². The SMILES string of the molecule is COc1ccc(CN(C(=O)c2ccc3n[nH]nc3c2)C2CC2)cc1. The number of carbonyl (C=O) groups excluding carboxylic acids is 1. The number of hydrogen-bond acceptors (Lipinski definition) is 4. The van der Waals surface area contributed by atoms with Crippen LogP contribution < -0.4 is 4.74 Å². The standard InChI is InChI=1S/C18H18N4O2/c1-24-15-7-2-12(3-8-15)11-22(14-5-6-14)18(23)13-4-9-16-17(10-13)20-21-19-16/h2-4,7-10,14H,5-6,11H2,1H3,(H,19,20,21). The molecule has 0 atom stereocenters. The van der Waals surface area contributed by atoms with E-state index in [4.69, 9.17) is 4.74 Å². The van der Waals surface area contributed by atoms with E-state index in [1.54, 1.807) is 13.2 Å². The Morgan fingerprint density at radius 1 is 1.17 bits per heavy atom. The largest absolute Gasteiger partial charge is 0.497 e. The van der Waals surface area contributed by atoms with Crippen LogP contribution in [-0.2, 0) is 6.54 Å². The van der Waals surface area contributed by atoms with Crippen LogP contribution in [0.1, 0.15) is 28.8 Å². The fraction of sp³-hybridized carbons (Fsp3) is 0.278. The van der Waals surface area contributed by atoms with Gasteiger partial charge >= 0.3 is 0 Å². The van der Waals surface area contributed by atoms with Crippen LogP contribution in [0.3, 0.4) is 0 Å². The molecule has 0 unspecified atom stereocenters. The summed E-state index contributed by atoms with van der Waals surface area (Å²) in [5.74, 6) is 0.859. The molecule has 24 heavy (non-hydrogen) atoms. The third-order valence-corrected chi connectivity index (χ3v) is 4.32. The average molecular weight is 322 g/mol. The highest BCUT2D eigenvalue weighted by Gasteiger charge is 2.33. The summed E-state index contributed by atoms with van der Waals surface area (Å²) in [5.41, 5.74) is 3.22. The van der Waals surface area contributed by atoms with Crippen molar-refractivity contribution in [3.8, 4) is 5.75 Å². The Balaban J connectivity index is 1.58. The van der Waals surface area contributed by atoms with E-state index in [1.165, 1.54) is 0 Å². The van der Waals surface area contributed by atoms with Gasteiger partial charge in [0.15, 0.2) is 0 Å². The lowest BCUT2D eigenvalue weighted by Crippen LogP contribution is -2.32. The van der Waals surface area contributed by atoms with Gasteiger partial charge in [-0.3, -0.25) is 4.79 Å². The molecule has 0 aliphatic heterocycles. The number of amides is 1. The Hall–Kier alpha value is -2.89. The number of carbonyl (C=O) groups is 1. The Morgan fingerprint density at radius 2 is 1.92 bits per heavy atom. The molecule has 1 aromatic heterocycles. The van der Waals surface area contributed by atoms with Crippen molar-refractivity contribution in [1.82, 2.24) is 20.3 Å². The minimum atomic E-state index is 0.0400. The summed E-state index contributed by atoms with van der Waals surface area (Å²) in [7, 11) is 1.65. The summed E-state index contributed by atoms with van der Waals surface area (Å²) in [6.45, 7) is 0.602. The lowest BCUT2D eigenvalue weighted by Gasteiger charge is -2.23. The first-order valence-corrected chi connectivity index (χ1v) is 7.99. The normalized spacial score (nSPS) is 13.9. The Labute approximate surface area is 139 Å². The van der Waals surface area contributed by atoms with Crippen LogP contribution in [0, 0.1) is 0 Å². The van der Waals surface area contributed by atoms with E-state index in [0.717, 1.165) is 29.7 Å². The van der Waals surface area contributed by atoms with Crippen LogP contribution in [0.15, 0.2) is 42.5 Å². The van der Waals surface area contributed by atoms with E-state index in [-0.39, 0.29) is 5.91 Å². The van der Waals surface area contributed by atoms with E-state index in [1.807, 2.05) is 41.3 Å². The molecule has 6 heteroatoms. The quantitative estimate of drug-likeness (QED) is 0.784. The molecule has 1 N–H and O–H groups in total. The van der Waals surface area contributed by atoms with Crippen LogP contribution >= 0.6 is 0 Å². The van der Waals surface area contributed by atoms with Gasteiger partial charge in [-0.25, -0.2) is 0 Å². The molecule has 0 saturated heterocycles. The topological polar surface area (TPSA) is 71.1 Å². The van der Waals surface area contributed by atoms with Crippen LogP contribution in [0.25, 0.3) is 11.0 Å². The maximum absolute atomic E-state index is 13.0. The van der Waals surface area contributed by atoms with Crippen molar-refractivity contribution in [2.24, 2.45) is 0 Å². The minimum absolute atomic E-state index is 0.0400. The van der Waals surface area contributed by atoms with Crippen molar-refractivity contribution in [3.63, 3.8) is 0 Å². The van der Waals surface area contributed by atoms with Crippen molar-refractivity contribution in [3.05, 3.63) is 53.6 Å². The Kier molecular flexibility index (Phi) is 3.65. The lowest BCUT2D eigenvalue weighted by molar-refractivity contribution is 0.0730. The molecule has 2 aromatic carbocycles. The first-order chi connectivity index (χ1) is 11.7. The predicted molar refractivity (Wildman–Crippen MR) is 89.8 cm³/mol. The Bertz CT molecular complexity index is 868. The number of fused-ring (bicyclic) bond motifs is 1. The van der Waals surface area contributed by atoms with Crippen molar-refractivity contribution in [2.75, 3.05) is 7.11 Å². The van der Waals surface area contributed by atoms with E-state index in [0.29, 0.717) is 23.7 Å². The van der Waals surface area contributed by atoms with Gasteiger partial charge < -0.3 is 9.64 Å². The van der Waals surface area contributed by atoms with Gasteiger partial charge in [0.25, 0.3) is 5.91 Å². The van der Waals surface area contributed by atoms with Crippen LogP contribution in [0.2, 0.25) is 0 Å². The first kappa shape index (κ1) is 14.7. The third kappa shape index (κ3) is 2.82. The molecule has 3 aromatic rings. The number of nitrogens with one attached hydrogen (secondary N) is 1. The van der Waals surface area contributed by atoms with E-state index in [2.05, 4.69) is 15.4 Å². The number of hydrogen-bond donors (Lipinski definition) is 1. The van der Waals surface area contributed by atoms with Gasteiger partial charge in [0.05, 0.1) is 7.11 Å². The van der Waals surface area contributed by atoms with E-state index in [9.17, 15) is 4.79 Å². The first-order valence-electron chi connectivity index (χ1n) is 7.99. The maximum atomic E-state index is 13.0. The minimum Gasteiger partial charge on any atom is -0.497 e. The molecule has 1 aliphatic rings. The second kappa shape index (κ2) is 5.96. The maximum Gasteiger partial charge on any atom is 0.254 e. The summed E-state index contributed by atoms with van der Waals surface area (Å²) in [6.07, 6.45) is 2.13. The molecule has 0 bridgehead atoms. The number of benzene rings is 2. The molecular formula is C18H18N4O2. The van der Waals surface area contributed by atoms with Gasteiger partial charge in [-0.15, -0.1) is 0 Å². The molecule has 1 amide bonds. The molecule has 4 rings (SSSR count). The lowest BCUT2D eigenvalue weighted by atomic mass is 10.1. The number of rotatable bonds is 5. The zero-order valence-corrected chi connectivity index (χ0v) is 13.4. The molecule has 1 aliphatic carbocycles. The van der Waals surface area contributed by atoms with Crippen molar-refractivity contribution in [2.45, 2.75) is 25.4 Å². The highest BCUT2D eigenvalue weighted by Crippen LogP contribution is 2.30. The fourth-order valence-electron chi connectivity index (χ4n) is 2.82. The van der Waals surface area contributed by atoms with Gasteiger partial charge in [-0.05, 0) is 48.7 Å². The molecule has 1 fully saturated rings. The molecule has 1 saturated carbocycles. The summed E-state index contributed by atoms with van der Waals surface area (Å²) < 4.78 is 5.19. The molecule has 6 nitrogen and oxygen atoms in total. The van der Waals surface area contributed by atoms with Crippen LogP contribution in [-0.4, -0.2) is 39.4 Å². The summed E-state index contributed by atoms with van der Waals surface area (Å²) in [5, 5.41) is 10.7. The zero-order chi connectivity index (χ0) is 16.5. The average Bonchev–Trinajstić information content (AvgIpc) is 3.36. The van der Waals surface area contributed by atoms with E-state index < -0.39 is 0 Å². The monoisotopic (exact) mass is 322 g/mol. The number of methoxy groups -OCH3 is 1. The van der Waals surface area contributed by atoms with Crippen molar-refractivity contribution >= 4 is 16.9 Å². The number of H-pyrrole nitrogens is 1. The summed E-state index contributed by atoms with van der Waals surface area (Å²) in [6, 6.07) is 13.6. The van der Waals surface area contributed by atoms with Crippen LogP contribution in [0.4, 0.5) is 0 Å². The van der Waals surface area contributed by atoms with Gasteiger partial charge in [0, 0.05) is 18.2 Å². The molecule has 122 valence electrons. The highest BCUT2D eigenvalue weighted by atomic mass is 16.5. The Morgan fingerprint density at radius 3 is 2.62 bits per heavy atom. The molecule has 0 radical (unpaired) electrons. The molecular weight excluding hydrogens is 304 g/mol. The van der Waals surface area contributed by atoms with Gasteiger partial charge in [-0.2, -0.15) is 15.4 Å². The van der Waals surface area contributed by atoms with E-state index >= 15 is 0 Å².